The Labute approximate surface area is 133 Å². The molecule has 0 aliphatic carbocycles. The lowest BCUT2D eigenvalue weighted by Crippen LogP contribution is -2.37. The first-order valence-corrected chi connectivity index (χ1v) is 11.8. The topological polar surface area (TPSA) is 15.3 Å². The van der Waals surface area contributed by atoms with Crippen molar-refractivity contribution in [2.24, 2.45) is 0 Å². The Morgan fingerprint density at radius 1 is 1.05 bits per heavy atom. The third-order valence-corrected chi connectivity index (χ3v) is 6.21. The van der Waals surface area contributed by atoms with E-state index in [-0.39, 0.29) is 0 Å². The molecule has 1 aromatic rings. The lowest BCUT2D eigenvalue weighted by molar-refractivity contribution is 0.268. The standard InChI is InChI=1S/C18H34N2Si/c1-16(2)20(3)14-8-7-13-19-15-17-9-11-18(12-10-17)21(4,5)6/h9-12,16,19H,7-8,13-15H2,1-6H3. The Bertz CT molecular complexity index is 393. The van der Waals surface area contributed by atoms with Gasteiger partial charge in [-0.05, 0) is 52.4 Å². The minimum Gasteiger partial charge on any atom is -0.313 e. The fraction of sp³-hybridized carbons (Fsp3) is 0.667. The molecule has 3 heteroatoms. The van der Waals surface area contributed by atoms with Crippen molar-refractivity contribution in [1.82, 2.24) is 10.2 Å². The summed E-state index contributed by atoms with van der Waals surface area (Å²) in [5, 5.41) is 5.10. The largest absolute Gasteiger partial charge is 0.313 e. The molecule has 1 aromatic carbocycles. The average Bonchev–Trinajstić information content (AvgIpc) is 2.41. The Kier molecular flexibility index (Phi) is 7.64. The fourth-order valence-corrected chi connectivity index (χ4v) is 3.39. The van der Waals surface area contributed by atoms with E-state index in [4.69, 9.17) is 0 Å². The second-order valence-electron chi connectivity index (χ2n) is 7.41. The second-order valence-corrected chi connectivity index (χ2v) is 12.5. The molecule has 0 fully saturated rings. The highest BCUT2D eigenvalue weighted by Crippen LogP contribution is 2.04. The van der Waals surface area contributed by atoms with Crippen LogP contribution >= 0.6 is 0 Å². The molecule has 0 saturated carbocycles. The quantitative estimate of drug-likeness (QED) is 0.555. The van der Waals surface area contributed by atoms with E-state index in [9.17, 15) is 0 Å². The van der Waals surface area contributed by atoms with Crippen molar-refractivity contribution < 1.29 is 0 Å². The van der Waals surface area contributed by atoms with E-state index >= 15 is 0 Å². The smallest absolute Gasteiger partial charge is 0.0775 e. The van der Waals surface area contributed by atoms with Crippen LogP contribution in [0.4, 0.5) is 0 Å². The molecule has 0 bridgehead atoms. The molecule has 0 radical (unpaired) electrons. The van der Waals surface area contributed by atoms with E-state index < -0.39 is 8.07 Å². The minimum absolute atomic E-state index is 0.655. The number of unbranched alkanes of at least 4 members (excludes halogenated alkanes) is 1. The van der Waals surface area contributed by atoms with E-state index in [0.717, 1.165) is 13.1 Å². The zero-order chi connectivity index (χ0) is 15.9. The monoisotopic (exact) mass is 306 g/mol. The number of rotatable bonds is 9. The number of hydrogen-bond acceptors (Lipinski definition) is 2. The highest BCUT2D eigenvalue weighted by Gasteiger charge is 2.15. The maximum atomic E-state index is 3.56. The van der Waals surface area contributed by atoms with Gasteiger partial charge in [0.15, 0.2) is 0 Å². The molecule has 0 heterocycles. The van der Waals surface area contributed by atoms with Crippen molar-refractivity contribution in [3.63, 3.8) is 0 Å². The first kappa shape index (κ1) is 18.4. The Morgan fingerprint density at radius 3 is 2.19 bits per heavy atom. The summed E-state index contributed by atoms with van der Waals surface area (Å²) >= 11 is 0. The minimum atomic E-state index is -1.15. The molecular formula is C18H34N2Si. The Morgan fingerprint density at radius 2 is 1.67 bits per heavy atom. The summed E-state index contributed by atoms with van der Waals surface area (Å²) in [6.07, 6.45) is 2.53. The van der Waals surface area contributed by atoms with Gasteiger partial charge in [-0.25, -0.2) is 0 Å². The van der Waals surface area contributed by atoms with Crippen molar-refractivity contribution in [3.8, 4) is 0 Å². The van der Waals surface area contributed by atoms with Crippen LogP contribution in [-0.2, 0) is 6.54 Å². The number of nitrogens with zero attached hydrogens (tertiary/aromatic N) is 1. The molecule has 21 heavy (non-hydrogen) atoms. The van der Waals surface area contributed by atoms with Crippen LogP contribution in [0.5, 0.6) is 0 Å². The van der Waals surface area contributed by atoms with Gasteiger partial charge in [-0.15, -0.1) is 0 Å². The molecule has 0 amide bonds. The van der Waals surface area contributed by atoms with Crippen LogP contribution in [0.3, 0.4) is 0 Å². The highest BCUT2D eigenvalue weighted by molar-refractivity contribution is 6.88. The van der Waals surface area contributed by atoms with Gasteiger partial charge >= 0.3 is 0 Å². The molecule has 1 N–H and O–H groups in total. The fourth-order valence-electron chi connectivity index (χ4n) is 2.22. The summed E-state index contributed by atoms with van der Waals surface area (Å²) in [6.45, 7) is 15.0. The molecule has 0 saturated heterocycles. The maximum absolute atomic E-state index is 3.56. The van der Waals surface area contributed by atoms with Gasteiger partial charge in [-0.2, -0.15) is 0 Å². The normalized spacial score (nSPS) is 12.4. The van der Waals surface area contributed by atoms with Crippen LogP contribution in [0.2, 0.25) is 19.6 Å². The molecule has 0 spiro atoms. The second kappa shape index (κ2) is 8.72. The van der Waals surface area contributed by atoms with Crippen LogP contribution in [0.25, 0.3) is 0 Å². The van der Waals surface area contributed by atoms with Gasteiger partial charge in [-0.1, -0.05) is 49.1 Å². The number of hydrogen-bond donors (Lipinski definition) is 1. The lowest BCUT2D eigenvalue weighted by atomic mass is 10.2. The van der Waals surface area contributed by atoms with Crippen LogP contribution in [0.1, 0.15) is 32.3 Å². The Balaban J connectivity index is 2.19. The molecule has 120 valence electrons. The molecule has 2 nitrogen and oxygen atoms in total. The van der Waals surface area contributed by atoms with Crippen molar-refractivity contribution in [2.45, 2.75) is 58.9 Å². The van der Waals surface area contributed by atoms with E-state index in [2.05, 4.69) is 75.0 Å². The van der Waals surface area contributed by atoms with Crippen molar-refractivity contribution >= 4 is 13.3 Å². The molecular weight excluding hydrogens is 272 g/mol. The summed E-state index contributed by atoms with van der Waals surface area (Å²) in [5.41, 5.74) is 1.40. The zero-order valence-electron chi connectivity index (χ0n) is 14.9. The van der Waals surface area contributed by atoms with Crippen LogP contribution in [0.15, 0.2) is 24.3 Å². The first-order valence-electron chi connectivity index (χ1n) is 8.31. The van der Waals surface area contributed by atoms with Gasteiger partial charge in [0.05, 0.1) is 8.07 Å². The van der Waals surface area contributed by atoms with E-state index in [1.165, 1.54) is 24.9 Å². The summed E-state index contributed by atoms with van der Waals surface area (Å²) in [5.74, 6) is 0. The van der Waals surface area contributed by atoms with Gasteiger partial charge in [0.2, 0.25) is 0 Å². The van der Waals surface area contributed by atoms with Crippen LogP contribution in [0, 0.1) is 0 Å². The molecule has 0 atom stereocenters. The third-order valence-electron chi connectivity index (χ3n) is 4.15. The van der Waals surface area contributed by atoms with Gasteiger partial charge in [0.25, 0.3) is 0 Å². The summed E-state index contributed by atoms with van der Waals surface area (Å²) in [6, 6.07) is 9.87. The predicted octanol–water partition coefficient (Wildman–Crippen LogP) is 3.44. The number of nitrogens with one attached hydrogen (secondary N) is 1. The summed E-state index contributed by atoms with van der Waals surface area (Å²) < 4.78 is 0. The van der Waals surface area contributed by atoms with Gasteiger partial charge in [0.1, 0.15) is 0 Å². The molecule has 1 rings (SSSR count). The van der Waals surface area contributed by atoms with Crippen LogP contribution in [-0.4, -0.2) is 39.2 Å². The maximum Gasteiger partial charge on any atom is 0.0775 e. The van der Waals surface area contributed by atoms with E-state index in [1.807, 2.05) is 0 Å². The Hall–Kier alpha value is -0.643. The highest BCUT2D eigenvalue weighted by atomic mass is 28.3. The third kappa shape index (κ3) is 7.25. The van der Waals surface area contributed by atoms with Gasteiger partial charge in [-0.3, -0.25) is 0 Å². The molecule has 0 aliphatic rings. The molecule has 0 aliphatic heterocycles. The van der Waals surface area contributed by atoms with Crippen molar-refractivity contribution in [1.29, 1.82) is 0 Å². The SMILES string of the molecule is CC(C)N(C)CCCCNCc1ccc([Si](C)(C)C)cc1. The van der Waals surface area contributed by atoms with E-state index in [1.54, 1.807) is 5.19 Å². The van der Waals surface area contributed by atoms with Crippen molar-refractivity contribution in [2.75, 3.05) is 20.1 Å². The zero-order valence-corrected chi connectivity index (χ0v) is 15.9. The summed E-state index contributed by atoms with van der Waals surface area (Å²) in [7, 11) is 1.06. The van der Waals surface area contributed by atoms with Gasteiger partial charge < -0.3 is 10.2 Å². The van der Waals surface area contributed by atoms with Crippen molar-refractivity contribution in [3.05, 3.63) is 29.8 Å². The first-order chi connectivity index (χ1) is 9.80. The van der Waals surface area contributed by atoms with Gasteiger partial charge in [0, 0.05) is 12.6 Å². The molecule has 0 unspecified atom stereocenters. The molecule has 0 aromatic heterocycles. The predicted molar refractivity (Wildman–Crippen MR) is 98.1 cm³/mol. The van der Waals surface area contributed by atoms with E-state index in [0.29, 0.717) is 6.04 Å². The number of benzene rings is 1. The van der Waals surface area contributed by atoms with Crippen LogP contribution < -0.4 is 10.5 Å². The summed E-state index contributed by atoms with van der Waals surface area (Å²) in [4.78, 5) is 2.41. The lowest BCUT2D eigenvalue weighted by Gasteiger charge is -2.20. The average molecular weight is 307 g/mol.